The first-order valence-electron chi connectivity index (χ1n) is 11.4. The average molecular weight is 464 g/mol. The first kappa shape index (κ1) is 20.2. The fourth-order valence-electron chi connectivity index (χ4n) is 6.18. The second-order valence-electron chi connectivity index (χ2n) is 9.16. The van der Waals surface area contributed by atoms with Gasteiger partial charge in [-0.1, -0.05) is 24.3 Å². The van der Waals surface area contributed by atoms with E-state index >= 15 is 0 Å². The Morgan fingerprint density at radius 1 is 0.829 bits per heavy atom. The molecule has 3 aliphatic rings. The van der Waals surface area contributed by atoms with Crippen LogP contribution in [0.3, 0.4) is 0 Å². The van der Waals surface area contributed by atoms with Crippen molar-refractivity contribution < 1.29 is 24.5 Å². The molecule has 0 unspecified atom stereocenters. The molecule has 2 N–H and O–H groups in total. The zero-order chi connectivity index (χ0) is 23.8. The molecule has 0 radical (unpaired) electrons. The third kappa shape index (κ3) is 2.40. The minimum Gasteiger partial charge on any atom is -0.508 e. The Hall–Kier alpha value is -4.23. The van der Waals surface area contributed by atoms with Gasteiger partial charge in [0.1, 0.15) is 23.4 Å². The lowest BCUT2D eigenvalue weighted by molar-refractivity contribution is -0.119. The van der Waals surface area contributed by atoms with E-state index in [0.29, 0.717) is 34.0 Å². The highest BCUT2D eigenvalue weighted by molar-refractivity contribution is 6.10. The molecule has 172 valence electrons. The number of ketones is 1. The third-order valence-electron chi connectivity index (χ3n) is 7.51. The maximum absolute atomic E-state index is 14.4. The normalized spacial score (nSPS) is 29.9. The van der Waals surface area contributed by atoms with Crippen LogP contribution in [-0.4, -0.2) is 37.7 Å². The fourth-order valence-corrected chi connectivity index (χ4v) is 6.18. The van der Waals surface area contributed by atoms with Gasteiger partial charge < -0.3 is 19.7 Å². The molecule has 0 bridgehead atoms. The first-order chi connectivity index (χ1) is 17.1. The number of pyridine rings is 2. The van der Waals surface area contributed by atoms with Crippen LogP contribution in [0.4, 0.5) is 0 Å². The summed E-state index contributed by atoms with van der Waals surface area (Å²) in [5.41, 5.74) is -1.62. The maximum atomic E-state index is 14.4. The Bertz CT molecular complexity index is 1480. The summed E-state index contributed by atoms with van der Waals surface area (Å²) >= 11 is 0. The van der Waals surface area contributed by atoms with E-state index in [9.17, 15) is 15.0 Å². The second-order valence-corrected chi connectivity index (χ2v) is 9.16. The standard InChI is InChI=1S/C28H20N2O5/c31-16-11-12-18-22(15-16)34-26-23(19-8-3-5-13-29-19)24(20-9-4-6-14-30-20)28(27(18,26)33)25(32)17-7-1-2-10-21(17)35-28/h1-15,23-24,26,31,33H/t23-,24-,26+,27-,28+/m0/s1. The number of para-hydroxylation sites is 1. The number of ether oxygens (including phenoxy) is 2. The van der Waals surface area contributed by atoms with E-state index < -0.39 is 29.1 Å². The van der Waals surface area contributed by atoms with Crippen molar-refractivity contribution in [1.29, 1.82) is 0 Å². The van der Waals surface area contributed by atoms with Crippen molar-refractivity contribution >= 4 is 5.78 Å². The molecule has 35 heavy (non-hydrogen) atoms. The average Bonchev–Trinajstić information content (AvgIpc) is 3.43. The van der Waals surface area contributed by atoms with Gasteiger partial charge in [0.2, 0.25) is 11.4 Å². The van der Waals surface area contributed by atoms with Crippen LogP contribution in [0.1, 0.15) is 39.1 Å². The highest BCUT2D eigenvalue weighted by Crippen LogP contribution is 2.68. The number of aliphatic hydroxyl groups is 1. The van der Waals surface area contributed by atoms with E-state index in [-0.39, 0.29) is 11.5 Å². The van der Waals surface area contributed by atoms with E-state index in [1.165, 1.54) is 12.1 Å². The molecule has 1 fully saturated rings. The van der Waals surface area contributed by atoms with Crippen LogP contribution in [0, 0.1) is 0 Å². The Morgan fingerprint density at radius 2 is 1.54 bits per heavy atom. The van der Waals surface area contributed by atoms with Gasteiger partial charge in [-0.15, -0.1) is 0 Å². The lowest BCUT2D eigenvalue weighted by Crippen LogP contribution is -2.60. The first-order valence-corrected chi connectivity index (χ1v) is 11.4. The van der Waals surface area contributed by atoms with Gasteiger partial charge in [-0.2, -0.15) is 0 Å². The van der Waals surface area contributed by atoms with Crippen molar-refractivity contribution in [2.24, 2.45) is 0 Å². The van der Waals surface area contributed by atoms with Crippen molar-refractivity contribution in [3.63, 3.8) is 0 Å². The largest absolute Gasteiger partial charge is 0.508 e. The van der Waals surface area contributed by atoms with Gasteiger partial charge >= 0.3 is 0 Å². The number of rotatable bonds is 2. The summed E-state index contributed by atoms with van der Waals surface area (Å²) in [7, 11) is 0. The van der Waals surface area contributed by atoms with Gasteiger partial charge in [0.25, 0.3) is 0 Å². The molecule has 2 aromatic heterocycles. The highest BCUT2D eigenvalue weighted by atomic mass is 16.6. The van der Waals surface area contributed by atoms with Crippen LogP contribution in [-0.2, 0) is 5.60 Å². The molecule has 2 aliphatic heterocycles. The number of phenolic OH excluding ortho intramolecular Hbond substituents is 1. The summed E-state index contributed by atoms with van der Waals surface area (Å²) in [6.07, 6.45) is 2.42. The molecule has 0 amide bonds. The van der Waals surface area contributed by atoms with Crippen molar-refractivity contribution in [3.8, 4) is 17.2 Å². The third-order valence-corrected chi connectivity index (χ3v) is 7.51. The van der Waals surface area contributed by atoms with Gasteiger partial charge in [0.05, 0.1) is 17.4 Å². The van der Waals surface area contributed by atoms with Crippen molar-refractivity contribution in [2.75, 3.05) is 0 Å². The van der Waals surface area contributed by atoms with Crippen LogP contribution in [0.25, 0.3) is 0 Å². The Kier molecular flexibility index (Phi) is 3.97. The quantitative estimate of drug-likeness (QED) is 0.466. The molecule has 1 spiro atoms. The highest BCUT2D eigenvalue weighted by Gasteiger charge is 2.81. The number of hydrogen-bond acceptors (Lipinski definition) is 7. The van der Waals surface area contributed by atoms with E-state index in [2.05, 4.69) is 9.97 Å². The molecule has 4 aromatic rings. The molecular formula is C28H20N2O5. The van der Waals surface area contributed by atoms with Crippen LogP contribution in [0.15, 0.2) is 91.3 Å². The molecule has 7 nitrogen and oxygen atoms in total. The van der Waals surface area contributed by atoms with Gasteiger partial charge in [-0.25, -0.2) is 0 Å². The number of Topliss-reactive ketones (excluding diaryl/α,β-unsaturated/α-hetero) is 1. The predicted molar refractivity (Wildman–Crippen MR) is 125 cm³/mol. The molecule has 2 aromatic carbocycles. The molecule has 1 saturated carbocycles. The SMILES string of the molecule is O=C1c2ccccc2O[C@]12[C@@H](c1ccccn1)[C@H](c1ccccn1)[C@H]1Oc3cc(O)ccc3[C@]12O. The van der Waals surface area contributed by atoms with Crippen molar-refractivity contribution in [1.82, 2.24) is 9.97 Å². The van der Waals surface area contributed by atoms with E-state index in [1.54, 1.807) is 48.8 Å². The number of fused-ring (bicyclic) bond motifs is 5. The van der Waals surface area contributed by atoms with Gasteiger partial charge in [0.15, 0.2) is 5.60 Å². The summed E-state index contributed by atoms with van der Waals surface area (Å²) in [6, 6.07) is 22.6. The zero-order valence-electron chi connectivity index (χ0n) is 18.4. The summed E-state index contributed by atoms with van der Waals surface area (Å²) in [4.78, 5) is 23.6. The Labute approximate surface area is 200 Å². The molecule has 5 atom stereocenters. The number of aromatic hydroxyl groups is 1. The topological polar surface area (TPSA) is 102 Å². The maximum Gasteiger partial charge on any atom is 0.217 e. The number of carbonyl (C=O) groups excluding carboxylic acids is 1. The number of hydrogen-bond donors (Lipinski definition) is 2. The Morgan fingerprint density at radius 3 is 2.26 bits per heavy atom. The van der Waals surface area contributed by atoms with E-state index in [4.69, 9.17) is 9.47 Å². The van der Waals surface area contributed by atoms with Crippen molar-refractivity contribution in [2.45, 2.75) is 29.1 Å². The summed E-state index contributed by atoms with van der Waals surface area (Å²) in [5.74, 6) is -0.915. The minimum atomic E-state index is -1.88. The summed E-state index contributed by atoms with van der Waals surface area (Å²) in [5, 5.41) is 22.8. The summed E-state index contributed by atoms with van der Waals surface area (Å²) in [6.45, 7) is 0. The Balaban J connectivity index is 1.57. The lowest BCUT2D eigenvalue weighted by atomic mass is 9.71. The smallest absolute Gasteiger partial charge is 0.217 e. The summed E-state index contributed by atoms with van der Waals surface area (Å²) < 4.78 is 12.9. The molecule has 7 heteroatoms. The molecule has 4 heterocycles. The number of aromatic nitrogens is 2. The minimum absolute atomic E-state index is 0.000937. The van der Waals surface area contributed by atoms with Crippen LogP contribution >= 0.6 is 0 Å². The van der Waals surface area contributed by atoms with Crippen LogP contribution in [0.5, 0.6) is 17.2 Å². The second kappa shape index (κ2) is 6.90. The fraction of sp³-hybridized carbons (Fsp3) is 0.179. The van der Waals surface area contributed by atoms with Crippen molar-refractivity contribution in [3.05, 3.63) is 114 Å². The number of phenols is 1. The number of nitrogens with zero attached hydrogens (tertiary/aromatic N) is 2. The molecule has 1 aliphatic carbocycles. The van der Waals surface area contributed by atoms with E-state index in [1.807, 2.05) is 30.3 Å². The molecule has 0 saturated heterocycles. The van der Waals surface area contributed by atoms with Crippen LogP contribution < -0.4 is 9.47 Å². The molecular weight excluding hydrogens is 444 g/mol. The van der Waals surface area contributed by atoms with Crippen LogP contribution in [0.2, 0.25) is 0 Å². The number of benzene rings is 2. The monoisotopic (exact) mass is 464 g/mol. The predicted octanol–water partition coefficient (Wildman–Crippen LogP) is 3.73. The molecule has 7 rings (SSSR count). The zero-order valence-corrected chi connectivity index (χ0v) is 18.4. The van der Waals surface area contributed by atoms with Gasteiger partial charge in [-0.3, -0.25) is 14.8 Å². The van der Waals surface area contributed by atoms with Gasteiger partial charge in [0, 0.05) is 35.4 Å². The van der Waals surface area contributed by atoms with E-state index in [0.717, 1.165) is 0 Å². The van der Waals surface area contributed by atoms with Gasteiger partial charge in [-0.05, 0) is 48.5 Å². The lowest BCUT2D eigenvalue weighted by Gasteiger charge is -2.39. The number of carbonyl (C=O) groups is 1.